The maximum Gasteiger partial charge on any atom is 0.573 e. The molecule has 0 saturated carbocycles. The molecular weight excluding hydrogens is 278 g/mol. The van der Waals surface area contributed by atoms with Crippen molar-refractivity contribution >= 4 is 0 Å². The highest BCUT2D eigenvalue weighted by Crippen LogP contribution is 2.33. The Labute approximate surface area is 111 Å². The zero-order chi connectivity index (χ0) is 14.8. The average Bonchev–Trinajstić information content (AvgIpc) is 2.37. The second-order valence-electron chi connectivity index (χ2n) is 3.92. The summed E-state index contributed by atoms with van der Waals surface area (Å²) in [5.41, 5.74) is -0.0968. The number of aliphatic hydroxyl groups is 1. The molecule has 1 unspecified atom stereocenters. The predicted molar refractivity (Wildman–Crippen MR) is 61.4 cm³/mol. The van der Waals surface area contributed by atoms with Gasteiger partial charge in [0.2, 0.25) is 0 Å². The molecule has 2 aromatic rings. The molecule has 3 nitrogen and oxygen atoms in total. The number of aliphatic hydroxyl groups excluding tert-OH is 1. The van der Waals surface area contributed by atoms with E-state index in [1.165, 1.54) is 18.2 Å². The lowest BCUT2D eigenvalue weighted by molar-refractivity contribution is -0.275. The van der Waals surface area contributed by atoms with Gasteiger partial charge in [-0.3, -0.25) is 4.98 Å². The Balaban J connectivity index is 2.37. The fraction of sp³-hybridized carbons (Fsp3) is 0.154. The van der Waals surface area contributed by atoms with Crippen molar-refractivity contribution < 1.29 is 27.4 Å². The molecule has 2 rings (SSSR count). The van der Waals surface area contributed by atoms with Gasteiger partial charge in [0, 0.05) is 17.3 Å². The Morgan fingerprint density at radius 1 is 1.15 bits per heavy atom. The predicted octanol–water partition coefficient (Wildman–Crippen LogP) is 3.20. The summed E-state index contributed by atoms with van der Waals surface area (Å²) >= 11 is 0. The lowest BCUT2D eigenvalue weighted by Crippen LogP contribution is -2.18. The number of hydrogen-bond acceptors (Lipinski definition) is 3. The number of nitrogens with zero attached hydrogens (tertiary/aromatic N) is 1. The van der Waals surface area contributed by atoms with Gasteiger partial charge in [0.15, 0.2) is 0 Å². The van der Waals surface area contributed by atoms with Gasteiger partial charge in [-0.15, -0.1) is 13.2 Å². The Morgan fingerprint density at radius 2 is 1.85 bits per heavy atom. The Morgan fingerprint density at radius 3 is 2.50 bits per heavy atom. The Bertz CT molecular complexity index is 601. The summed E-state index contributed by atoms with van der Waals surface area (Å²) in [5.74, 6) is -1.24. The number of halogens is 4. The van der Waals surface area contributed by atoms with Gasteiger partial charge in [0.05, 0.1) is 6.20 Å². The van der Waals surface area contributed by atoms with Crippen molar-refractivity contribution in [1.29, 1.82) is 0 Å². The van der Waals surface area contributed by atoms with Crippen molar-refractivity contribution in [3.05, 3.63) is 59.7 Å². The lowest BCUT2D eigenvalue weighted by atomic mass is 10.0. The van der Waals surface area contributed by atoms with E-state index < -0.39 is 24.0 Å². The van der Waals surface area contributed by atoms with Crippen molar-refractivity contribution in [1.82, 2.24) is 4.98 Å². The molecule has 0 saturated heterocycles. The third kappa shape index (κ3) is 3.45. The molecule has 1 heterocycles. The van der Waals surface area contributed by atoms with Crippen molar-refractivity contribution in [3.63, 3.8) is 0 Å². The zero-order valence-electron chi connectivity index (χ0n) is 9.93. The smallest absolute Gasteiger partial charge is 0.405 e. The number of ether oxygens (including phenoxy) is 1. The van der Waals surface area contributed by atoms with Gasteiger partial charge in [-0.1, -0.05) is 18.2 Å². The first kappa shape index (κ1) is 14.3. The van der Waals surface area contributed by atoms with E-state index in [0.717, 1.165) is 24.5 Å². The van der Waals surface area contributed by atoms with Gasteiger partial charge >= 0.3 is 6.36 Å². The lowest BCUT2D eigenvalue weighted by Gasteiger charge is -2.17. The molecule has 1 atom stereocenters. The van der Waals surface area contributed by atoms with Crippen LogP contribution in [0.5, 0.6) is 5.75 Å². The number of hydrogen-bond donors (Lipinski definition) is 1. The average molecular weight is 287 g/mol. The van der Waals surface area contributed by atoms with Crippen LogP contribution >= 0.6 is 0 Å². The van der Waals surface area contributed by atoms with Crippen LogP contribution in [0.25, 0.3) is 0 Å². The number of aromatic nitrogens is 1. The highest BCUT2D eigenvalue weighted by Gasteiger charge is 2.33. The first-order valence-electron chi connectivity index (χ1n) is 5.50. The van der Waals surface area contributed by atoms with E-state index in [0.29, 0.717) is 0 Å². The SMILES string of the molecule is OC(c1cncc(F)c1)c1ccccc1OC(F)(F)F. The van der Waals surface area contributed by atoms with Crippen LogP contribution in [0.4, 0.5) is 17.6 Å². The quantitative estimate of drug-likeness (QED) is 0.881. The van der Waals surface area contributed by atoms with Crippen LogP contribution < -0.4 is 4.74 Å². The Hall–Kier alpha value is -2.15. The van der Waals surface area contributed by atoms with E-state index in [4.69, 9.17) is 0 Å². The topological polar surface area (TPSA) is 42.4 Å². The molecule has 1 aromatic heterocycles. The standard InChI is InChI=1S/C13H9F4NO2/c14-9-5-8(6-18-7-9)12(19)10-3-1-2-4-11(10)20-13(15,16)17/h1-7,12,19H. The highest BCUT2D eigenvalue weighted by atomic mass is 19.4. The van der Waals surface area contributed by atoms with Crippen molar-refractivity contribution in [2.75, 3.05) is 0 Å². The van der Waals surface area contributed by atoms with Crippen LogP contribution in [-0.2, 0) is 0 Å². The van der Waals surface area contributed by atoms with E-state index in [9.17, 15) is 22.7 Å². The molecule has 0 aliphatic heterocycles. The van der Waals surface area contributed by atoms with Crippen LogP contribution in [0.3, 0.4) is 0 Å². The molecule has 0 aliphatic carbocycles. The number of benzene rings is 1. The summed E-state index contributed by atoms with van der Waals surface area (Å²) < 4.78 is 53.7. The maximum atomic E-state index is 13.0. The van der Waals surface area contributed by atoms with Crippen molar-refractivity contribution in [2.24, 2.45) is 0 Å². The van der Waals surface area contributed by atoms with Gasteiger partial charge in [0.25, 0.3) is 0 Å². The van der Waals surface area contributed by atoms with Gasteiger partial charge in [-0.25, -0.2) is 4.39 Å². The first-order valence-corrected chi connectivity index (χ1v) is 5.50. The van der Waals surface area contributed by atoms with Crippen LogP contribution in [0.2, 0.25) is 0 Å². The monoisotopic (exact) mass is 287 g/mol. The molecule has 0 bridgehead atoms. The molecule has 0 aliphatic rings. The maximum absolute atomic E-state index is 13.0. The van der Waals surface area contributed by atoms with E-state index in [-0.39, 0.29) is 11.1 Å². The van der Waals surface area contributed by atoms with E-state index >= 15 is 0 Å². The summed E-state index contributed by atoms with van der Waals surface area (Å²) in [5, 5.41) is 10.0. The number of pyridine rings is 1. The summed E-state index contributed by atoms with van der Waals surface area (Å²) in [7, 11) is 0. The van der Waals surface area contributed by atoms with Crippen molar-refractivity contribution in [3.8, 4) is 5.75 Å². The molecule has 0 amide bonds. The second-order valence-corrected chi connectivity index (χ2v) is 3.92. The minimum atomic E-state index is -4.88. The molecule has 20 heavy (non-hydrogen) atoms. The number of rotatable bonds is 3. The molecule has 0 fully saturated rings. The molecule has 7 heteroatoms. The molecule has 106 valence electrons. The van der Waals surface area contributed by atoms with Crippen LogP contribution in [0, 0.1) is 5.82 Å². The van der Waals surface area contributed by atoms with Crippen LogP contribution in [-0.4, -0.2) is 16.5 Å². The second kappa shape index (κ2) is 5.46. The summed E-state index contributed by atoms with van der Waals surface area (Å²) in [6.07, 6.45) is -4.26. The van der Waals surface area contributed by atoms with Gasteiger partial charge in [-0.05, 0) is 12.1 Å². The largest absolute Gasteiger partial charge is 0.573 e. The third-order valence-electron chi connectivity index (χ3n) is 2.48. The number of para-hydroxylation sites is 1. The van der Waals surface area contributed by atoms with Crippen molar-refractivity contribution in [2.45, 2.75) is 12.5 Å². The van der Waals surface area contributed by atoms with Gasteiger partial charge in [-0.2, -0.15) is 0 Å². The van der Waals surface area contributed by atoms with Crippen LogP contribution in [0.1, 0.15) is 17.2 Å². The minimum absolute atomic E-state index is 0.0308. The molecule has 1 aromatic carbocycles. The summed E-state index contributed by atoms with van der Waals surface area (Å²) in [6.45, 7) is 0. The van der Waals surface area contributed by atoms with Gasteiger partial charge in [0.1, 0.15) is 17.7 Å². The van der Waals surface area contributed by atoms with E-state index in [1.807, 2.05) is 0 Å². The van der Waals surface area contributed by atoms with Crippen LogP contribution in [0.15, 0.2) is 42.7 Å². The normalized spacial score (nSPS) is 13.1. The van der Waals surface area contributed by atoms with E-state index in [1.54, 1.807) is 0 Å². The van der Waals surface area contributed by atoms with Gasteiger partial charge < -0.3 is 9.84 Å². The molecule has 0 radical (unpaired) electrons. The minimum Gasteiger partial charge on any atom is -0.405 e. The molecule has 0 spiro atoms. The zero-order valence-corrected chi connectivity index (χ0v) is 9.93. The molecule has 1 N–H and O–H groups in total. The third-order valence-corrected chi connectivity index (χ3v) is 2.48. The fourth-order valence-corrected chi connectivity index (χ4v) is 1.68. The van der Waals surface area contributed by atoms with E-state index in [2.05, 4.69) is 9.72 Å². The molecular formula is C13H9F4NO2. The number of alkyl halides is 3. The Kier molecular flexibility index (Phi) is 3.89. The first-order chi connectivity index (χ1) is 9.37. The highest BCUT2D eigenvalue weighted by molar-refractivity contribution is 5.39. The summed E-state index contributed by atoms with van der Waals surface area (Å²) in [4.78, 5) is 3.54. The summed E-state index contributed by atoms with van der Waals surface area (Å²) in [6, 6.07) is 6.09. The fourth-order valence-electron chi connectivity index (χ4n) is 1.68.